The highest BCUT2D eigenvalue weighted by Crippen LogP contribution is 2.68. The predicted molar refractivity (Wildman–Crippen MR) is 93.3 cm³/mol. The zero-order chi connectivity index (χ0) is 14.6. The predicted octanol–water partition coefficient (Wildman–Crippen LogP) is 5.19. The molecule has 4 atom stereocenters. The molecule has 22 heavy (non-hydrogen) atoms. The highest BCUT2D eigenvalue weighted by molar-refractivity contribution is 7.10. The fraction of sp³-hybridized carbons (Fsp3) is 0.800. The first-order chi connectivity index (χ1) is 10.8. The summed E-state index contributed by atoms with van der Waals surface area (Å²) < 4.78 is 0. The molecule has 1 N–H and O–H groups in total. The fourth-order valence-electron chi connectivity index (χ4n) is 7.04. The molecule has 120 valence electrons. The molecule has 0 aromatic carbocycles. The molecule has 5 fully saturated rings. The molecule has 0 spiro atoms. The van der Waals surface area contributed by atoms with Gasteiger partial charge in [-0.25, -0.2) is 0 Å². The fourth-order valence-corrected chi connectivity index (χ4v) is 8.10. The van der Waals surface area contributed by atoms with E-state index in [1.807, 2.05) is 11.3 Å². The Labute approximate surface area is 138 Å². The third-order valence-corrected chi connectivity index (χ3v) is 8.42. The van der Waals surface area contributed by atoms with Crippen LogP contribution in [0.4, 0.5) is 0 Å². The van der Waals surface area contributed by atoms with E-state index < -0.39 is 0 Å². The lowest BCUT2D eigenvalue weighted by atomic mass is 9.44. The van der Waals surface area contributed by atoms with Gasteiger partial charge in [-0.3, -0.25) is 0 Å². The van der Waals surface area contributed by atoms with Gasteiger partial charge in [0.05, 0.1) is 0 Å². The van der Waals surface area contributed by atoms with Crippen molar-refractivity contribution in [3.8, 4) is 0 Å². The van der Waals surface area contributed by atoms with Gasteiger partial charge in [0.25, 0.3) is 0 Å². The van der Waals surface area contributed by atoms with Crippen molar-refractivity contribution >= 4 is 11.3 Å². The number of hydrogen-bond acceptors (Lipinski definition) is 2. The van der Waals surface area contributed by atoms with Gasteiger partial charge >= 0.3 is 0 Å². The quantitative estimate of drug-likeness (QED) is 0.806. The first kappa shape index (κ1) is 14.0. The summed E-state index contributed by atoms with van der Waals surface area (Å²) in [5.74, 6) is 4.07. The third-order valence-electron chi connectivity index (χ3n) is 7.46. The van der Waals surface area contributed by atoms with Crippen LogP contribution in [0, 0.1) is 23.2 Å². The molecule has 4 unspecified atom stereocenters. The van der Waals surface area contributed by atoms with Crippen molar-refractivity contribution in [2.24, 2.45) is 23.2 Å². The molecule has 1 nitrogen and oxygen atoms in total. The van der Waals surface area contributed by atoms with Gasteiger partial charge in [-0.15, -0.1) is 11.3 Å². The number of nitrogens with one attached hydrogen (secondary N) is 1. The van der Waals surface area contributed by atoms with E-state index in [9.17, 15) is 0 Å². The maximum absolute atomic E-state index is 3.74. The second-order valence-electron chi connectivity index (χ2n) is 8.79. The lowest BCUT2D eigenvalue weighted by molar-refractivity contribution is -0.0806. The van der Waals surface area contributed by atoms with Gasteiger partial charge in [0.15, 0.2) is 0 Å². The minimum atomic E-state index is 0.671. The van der Waals surface area contributed by atoms with Crippen LogP contribution in [0.15, 0.2) is 17.5 Å². The van der Waals surface area contributed by atoms with E-state index in [0.717, 1.165) is 29.7 Å². The van der Waals surface area contributed by atoms with E-state index in [-0.39, 0.29) is 0 Å². The highest BCUT2D eigenvalue weighted by atomic mass is 32.1. The zero-order valence-electron chi connectivity index (χ0n) is 13.6. The van der Waals surface area contributed by atoms with Gasteiger partial charge in [0.2, 0.25) is 0 Å². The van der Waals surface area contributed by atoms with Crippen molar-refractivity contribution in [1.29, 1.82) is 0 Å². The Balaban J connectivity index is 1.43. The van der Waals surface area contributed by atoms with Crippen molar-refractivity contribution in [3.05, 3.63) is 22.4 Å². The molecule has 2 heteroatoms. The Hall–Kier alpha value is -0.340. The second-order valence-corrected chi connectivity index (χ2v) is 9.77. The molecule has 4 bridgehead atoms. The van der Waals surface area contributed by atoms with E-state index in [1.54, 1.807) is 37.0 Å². The molecule has 1 aromatic heterocycles. The van der Waals surface area contributed by atoms with Gasteiger partial charge in [0, 0.05) is 16.8 Å². The molecule has 1 aliphatic heterocycles. The molecule has 0 amide bonds. The van der Waals surface area contributed by atoms with E-state index >= 15 is 0 Å². The molecule has 1 saturated heterocycles. The zero-order valence-corrected chi connectivity index (χ0v) is 14.4. The molecular formula is C20H29NS. The minimum absolute atomic E-state index is 0.671. The first-order valence-electron chi connectivity index (χ1n) is 9.59. The molecule has 4 saturated carbocycles. The number of thiophene rings is 1. The van der Waals surface area contributed by atoms with Crippen molar-refractivity contribution in [1.82, 2.24) is 5.32 Å². The maximum Gasteiger partial charge on any atom is 0.00844 e. The Kier molecular flexibility index (Phi) is 3.41. The van der Waals surface area contributed by atoms with Crippen LogP contribution in [-0.4, -0.2) is 12.6 Å². The van der Waals surface area contributed by atoms with Crippen LogP contribution in [0.5, 0.6) is 0 Å². The van der Waals surface area contributed by atoms with Crippen LogP contribution < -0.4 is 5.32 Å². The van der Waals surface area contributed by atoms with Crippen LogP contribution in [0.3, 0.4) is 0 Å². The Morgan fingerprint density at radius 1 is 1.18 bits per heavy atom. The summed E-state index contributed by atoms with van der Waals surface area (Å²) >= 11 is 2.04. The van der Waals surface area contributed by atoms with Gasteiger partial charge in [0.1, 0.15) is 0 Å². The average molecular weight is 316 g/mol. The first-order valence-corrected chi connectivity index (χ1v) is 10.5. The largest absolute Gasteiger partial charge is 0.314 e. The SMILES string of the molecule is c1csc(C2C3CC4CC(C3)CC2(CCC2CCCN2)C4)c1. The molecule has 2 heterocycles. The molecule has 1 aromatic rings. The summed E-state index contributed by atoms with van der Waals surface area (Å²) in [7, 11) is 0. The lowest BCUT2D eigenvalue weighted by Gasteiger charge is -2.61. The summed E-state index contributed by atoms with van der Waals surface area (Å²) in [5.41, 5.74) is 0.671. The van der Waals surface area contributed by atoms with Gasteiger partial charge in [-0.1, -0.05) is 6.07 Å². The Morgan fingerprint density at radius 3 is 2.73 bits per heavy atom. The standard InChI is InChI=1S/C20H29NS/c1-3-17(21-7-1)5-6-20-12-14-9-15(13-20)11-16(10-14)19(20)18-4-2-8-22-18/h2,4,8,14-17,19,21H,1,3,5-7,9-13H2. The van der Waals surface area contributed by atoms with Crippen molar-refractivity contribution in [3.63, 3.8) is 0 Å². The van der Waals surface area contributed by atoms with Crippen LogP contribution in [-0.2, 0) is 0 Å². The van der Waals surface area contributed by atoms with E-state index in [1.165, 1.54) is 32.2 Å². The Morgan fingerprint density at radius 2 is 2.05 bits per heavy atom. The summed E-state index contributed by atoms with van der Waals surface area (Å²) in [4.78, 5) is 1.73. The smallest absolute Gasteiger partial charge is 0.00844 e. The van der Waals surface area contributed by atoms with Crippen molar-refractivity contribution in [2.75, 3.05) is 6.54 Å². The van der Waals surface area contributed by atoms with E-state index in [2.05, 4.69) is 22.8 Å². The topological polar surface area (TPSA) is 12.0 Å². The van der Waals surface area contributed by atoms with E-state index in [4.69, 9.17) is 0 Å². The van der Waals surface area contributed by atoms with Gasteiger partial charge in [-0.05, 0) is 98.9 Å². The maximum atomic E-state index is 3.74. The molecular weight excluding hydrogens is 286 g/mol. The molecule has 5 aliphatic rings. The lowest BCUT2D eigenvalue weighted by Crippen LogP contribution is -2.51. The van der Waals surface area contributed by atoms with Crippen molar-refractivity contribution < 1.29 is 0 Å². The summed E-state index contributed by atoms with van der Waals surface area (Å²) in [6, 6.07) is 5.57. The number of hydrogen-bond donors (Lipinski definition) is 1. The van der Waals surface area contributed by atoms with Crippen LogP contribution in [0.1, 0.15) is 68.6 Å². The van der Waals surface area contributed by atoms with E-state index in [0.29, 0.717) is 5.41 Å². The van der Waals surface area contributed by atoms with Crippen molar-refractivity contribution in [2.45, 2.75) is 69.7 Å². The minimum Gasteiger partial charge on any atom is -0.314 e. The van der Waals surface area contributed by atoms with Gasteiger partial charge in [-0.2, -0.15) is 0 Å². The summed E-state index contributed by atoms with van der Waals surface area (Å²) in [5, 5.41) is 6.05. The molecule has 4 aliphatic carbocycles. The Bertz CT molecular complexity index is 502. The molecule has 0 radical (unpaired) electrons. The monoisotopic (exact) mass is 315 g/mol. The average Bonchev–Trinajstić information content (AvgIpc) is 3.18. The van der Waals surface area contributed by atoms with Crippen LogP contribution >= 0.6 is 11.3 Å². The normalized spacial score (nSPS) is 46.5. The molecule has 6 rings (SSSR count). The summed E-state index contributed by atoms with van der Waals surface area (Å²) in [6.07, 6.45) is 13.5. The summed E-state index contributed by atoms with van der Waals surface area (Å²) in [6.45, 7) is 1.26. The van der Waals surface area contributed by atoms with Gasteiger partial charge < -0.3 is 5.32 Å². The van der Waals surface area contributed by atoms with Crippen LogP contribution in [0.25, 0.3) is 0 Å². The van der Waals surface area contributed by atoms with Crippen LogP contribution in [0.2, 0.25) is 0 Å². The second kappa shape index (κ2) is 5.34. The third kappa shape index (κ3) is 2.21. The highest BCUT2D eigenvalue weighted by Gasteiger charge is 2.57. The number of rotatable bonds is 4.